The Bertz CT molecular complexity index is 752. The molecule has 0 saturated carbocycles. The van der Waals surface area contributed by atoms with Crippen molar-refractivity contribution in [1.82, 2.24) is 10.6 Å². The molecule has 5 nitrogen and oxygen atoms in total. The van der Waals surface area contributed by atoms with Crippen LogP contribution in [0.4, 0.5) is 0 Å². The van der Waals surface area contributed by atoms with E-state index in [9.17, 15) is 4.79 Å². The van der Waals surface area contributed by atoms with Crippen molar-refractivity contribution in [2.45, 2.75) is 16.7 Å². The predicted molar refractivity (Wildman–Crippen MR) is 96.2 cm³/mol. The van der Waals surface area contributed by atoms with Crippen LogP contribution in [0.2, 0.25) is 0 Å². The molecule has 0 bridgehead atoms. The number of nitrogens with zero attached hydrogens (tertiary/aromatic N) is 1. The van der Waals surface area contributed by atoms with Crippen molar-refractivity contribution in [1.29, 1.82) is 0 Å². The van der Waals surface area contributed by atoms with E-state index in [2.05, 4.69) is 15.6 Å². The van der Waals surface area contributed by atoms with Gasteiger partial charge in [0.05, 0.1) is 0 Å². The largest absolute Gasteiger partial charge is 0.342 e. The smallest absolute Gasteiger partial charge is 0.253 e. The molecule has 124 valence electrons. The van der Waals surface area contributed by atoms with E-state index < -0.39 is 16.7 Å². The zero-order valence-corrected chi connectivity index (χ0v) is 14.1. The Balaban J connectivity index is 1.87. The number of carbonyl (C=O) groups excluding carboxylic acids is 1. The minimum absolute atomic E-state index is 0.339. The number of amidine groups is 1. The Hall–Kier alpha value is -2.08. The molecule has 24 heavy (non-hydrogen) atoms. The van der Waals surface area contributed by atoms with E-state index in [0.29, 0.717) is 11.4 Å². The molecule has 0 spiro atoms. The van der Waals surface area contributed by atoms with Gasteiger partial charge in [0.15, 0.2) is 10.5 Å². The normalized spacial score (nSPS) is 22.8. The van der Waals surface area contributed by atoms with Crippen LogP contribution in [0.3, 0.4) is 0 Å². The number of rotatable bonds is 4. The number of nitrogens with two attached hydrogens (primary N) is 1. The number of benzene rings is 2. The third-order valence-corrected chi connectivity index (χ3v) is 4.50. The van der Waals surface area contributed by atoms with E-state index in [1.807, 2.05) is 36.4 Å². The quantitative estimate of drug-likeness (QED) is 0.729. The molecule has 1 aliphatic heterocycles. The van der Waals surface area contributed by atoms with Gasteiger partial charge in [-0.15, -0.1) is 23.2 Å². The topological polar surface area (TPSA) is 79.5 Å². The summed E-state index contributed by atoms with van der Waals surface area (Å²) in [6.45, 7) is 0. The highest BCUT2D eigenvalue weighted by atomic mass is 35.5. The molecule has 0 aliphatic carbocycles. The molecule has 4 N–H and O–H groups in total. The summed E-state index contributed by atoms with van der Waals surface area (Å²) < 4.78 is 0. The molecular weight excluding hydrogens is 347 g/mol. The fourth-order valence-electron chi connectivity index (χ4n) is 2.48. The zero-order valence-electron chi connectivity index (χ0n) is 12.6. The van der Waals surface area contributed by atoms with Crippen LogP contribution in [-0.4, -0.2) is 28.4 Å². The second-order valence-corrected chi connectivity index (χ2v) is 6.50. The van der Waals surface area contributed by atoms with Gasteiger partial charge in [-0.1, -0.05) is 48.5 Å². The van der Waals surface area contributed by atoms with Gasteiger partial charge in [-0.25, -0.2) is 4.99 Å². The van der Waals surface area contributed by atoms with E-state index >= 15 is 0 Å². The maximum atomic E-state index is 12.5. The summed E-state index contributed by atoms with van der Waals surface area (Å²) in [6, 6.07) is 18.2. The first kappa shape index (κ1) is 16.8. The molecule has 0 fully saturated rings. The maximum absolute atomic E-state index is 12.5. The highest BCUT2D eigenvalue weighted by Gasteiger charge is 2.49. The van der Waals surface area contributed by atoms with Crippen molar-refractivity contribution in [3.8, 4) is 0 Å². The molecule has 0 saturated heterocycles. The number of hydrogen-bond donors (Lipinski definition) is 3. The highest BCUT2D eigenvalue weighted by molar-refractivity contribution is 6.45. The second-order valence-electron chi connectivity index (χ2n) is 5.40. The lowest BCUT2D eigenvalue weighted by Crippen LogP contribution is -2.69. The first-order chi connectivity index (χ1) is 11.5. The average Bonchev–Trinajstić information content (AvgIpc) is 2.94. The van der Waals surface area contributed by atoms with Crippen LogP contribution in [0, 0.1) is 0 Å². The highest BCUT2D eigenvalue weighted by Crippen LogP contribution is 2.27. The van der Waals surface area contributed by atoms with Gasteiger partial charge in [0.25, 0.3) is 5.91 Å². The molecule has 3 rings (SSSR count). The van der Waals surface area contributed by atoms with Gasteiger partial charge >= 0.3 is 0 Å². The van der Waals surface area contributed by atoms with Crippen LogP contribution in [0.1, 0.15) is 15.9 Å². The molecule has 2 aromatic rings. The molecule has 0 radical (unpaired) electrons. The van der Waals surface area contributed by atoms with Gasteiger partial charge in [0, 0.05) is 11.1 Å². The zero-order chi connectivity index (χ0) is 17.2. The van der Waals surface area contributed by atoms with Crippen LogP contribution < -0.4 is 16.4 Å². The van der Waals surface area contributed by atoms with Gasteiger partial charge in [0.1, 0.15) is 12.0 Å². The van der Waals surface area contributed by atoms with Crippen LogP contribution in [0.25, 0.3) is 0 Å². The average molecular weight is 363 g/mol. The van der Waals surface area contributed by atoms with E-state index in [1.54, 1.807) is 24.3 Å². The van der Waals surface area contributed by atoms with Gasteiger partial charge < -0.3 is 16.4 Å². The number of aliphatic imine (C=N–C) groups is 1. The maximum Gasteiger partial charge on any atom is 0.253 e. The van der Waals surface area contributed by atoms with Crippen molar-refractivity contribution in [2.75, 3.05) is 0 Å². The van der Waals surface area contributed by atoms with Crippen molar-refractivity contribution < 1.29 is 4.79 Å². The van der Waals surface area contributed by atoms with Crippen molar-refractivity contribution in [3.05, 3.63) is 71.8 Å². The lowest BCUT2D eigenvalue weighted by molar-refractivity contribution is 0.0886. The van der Waals surface area contributed by atoms with Gasteiger partial charge in [0.2, 0.25) is 0 Å². The van der Waals surface area contributed by atoms with Crippen LogP contribution in [0.15, 0.2) is 65.7 Å². The molecule has 1 amide bonds. The van der Waals surface area contributed by atoms with E-state index in [1.165, 1.54) is 0 Å². The number of alkyl halides is 2. The summed E-state index contributed by atoms with van der Waals surface area (Å²) in [7, 11) is 0. The Morgan fingerprint density at radius 2 is 1.71 bits per heavy atom. The lowest BCUT2D eigenvalue weighted by atomic mass is 10.1. The van der Waals surface area contributed by atoms with Crippen molar-refractivity contribution in [3.63, 3.8) is 0 Å². The van der Waals surface area contributed by atoms with E-state index in [0.717, 1.165) is 5.56 Å². The third kappa shape index (κ3) is 3.11. The van der Waals surface area contributed by atoms with Gasteiger partial charge in [-0.2, -0.15) is 0 Å². The fraction of sp³-hybridized carbons (Fsp3) is 0.176. The van der Waals surface area contributed by atoms with Crippen LogP contribution >= 0.6 is 23.2 Å². The molecule has 2 atom stereocenters. The summed E-state index contributed by atoms with van der Waals surface area (Å²) in [5, 5.41) is 5.90. The number of amides is 1. The molecule has 7 heteroatoms. The van der Waals surface area contributed by atoms with Crippen molar-refractivity contribution in [2.24, 2.45) is 10.7 Å². The van der Waals surface area contributed by atoms with Crippen LogP contribution in [0.5, 0.6) is 0 Å². The summed E-state index contributed by atoms with van der Waals surface area (Å²) in [4.78, 5) is 15.9. The number of nitrogens with one attached hydrogen (secondary N) is 2. The van der Waals surface area contributed by atoms with Gasteiger partial charge in [-0.05, 0) is 12.1 Å². The van der Waals surface area contributed by atoms with E-state index in [-0.39, 0.29) is 5.91 Å². The standard InChI is InChI=1S/C17H16Cl2N4O/c18-15(19)17(23-14(24)12-9-5-2-6-10-12)16(20)21-13(22-17)11-7-3-1-4-8-11/h1-10,15-16H,20H2,(H,21,22)(H,23,24)/t16-,17-/m1/s1. The molecule has 1 aliphatic rings. The molecule has 1 heterocycles. The second kappa shape index (κ2) is 6.81. The van der Waals surface area contributed by atoms with Crippen molar-refractivity contribution >= 4 is 34.9 Å². The minimum atomic E-state index is -1.29. The summed E-state index contributed by atoms with van der Waals surface area (Å²) >= 11 is 12.3. The van der Waals surface area contributed by atoms with E-state index in [4.69, 9.17) is 28.9 Å². The Kier molecular flexibility index (Phi) is 4.76. The Morgan fingerprint density at radius 3 is 2.29 bits per heavy atom. The number of halogens is 2. The number of carbonyl (C=O) groups is 1. The first-order valence-corrected chi connectivity index (χ1v) is 8.23. The summed E-state index contributed by atoms with van der Waals surface area (Å²) in [6.07, 6.45) is -0.833. The summed E-state index contributed by atoms with van der Waals surface area (Å²) in [5.41, 5.74) is 6.16. The molecule has 2 aromatic carbocycles. The Morgan fingerprint density at radius 1 is 1.12 bits per heavy atom. The monoisotopic (exact) mass is 362 g/mol. The summed E-state index contributed by atoms with van der Waals surface area (Å²) in [5.74, 6) is 0.192. The molecule has 0 aromatic heterocycles. The van der Waals surface area contributed by atoms with Gasteiger partial charge in [-0.3, -0.25) is 4.79 Å². The number of hydrogen-bond acceptors (Lipinski definition) is 4. The Labute approximate surface area is 149 Å². The first-order valence-electron chi connectivity index (χ1n) is 7.35. The SMILES string of the molecule is N[C@@H]1N=C(c2ccccc2)N[C@@]1(NC(=O)c1ccccc1)C(Cl)Cl. The molecule has 0 unspecified atom stereocenters. The molecular formula is C17H16Cl2N4O. The lowest BCUT2D eigenvalue weighted by Gasteiger charge is -2.35. The predicted octanol–water partition coefficient (Wildman–Crippen LogP) is 2.25. The fourth-order valence-corrected chi connectivity index (χ4v) is 2.96. The van der Waals surface area contributed by atoms with Crippen LogP contribution in [-0.2, 0) is 0 Å². The third-order valence-electron chi connectivity index (χ3n) is 3.81. The minimum Gasteiger partial charge on any atom is -0.342 e.